The van der Waals surface area contributed by atoms with Crippen molar-refractivity contribution < 1.29 is 0 Å². The molecule has 1 nitrogen and oxygen atoms in total. The molecule has 56 valence electrons. The van der Waals surface area contributed by atoms with Gasteiger partial charge in [-0.3, -0.25) is 0 Å². The number of nitrogens with two attached hydrogens (primary N) is 1. The van der Waals surface area contributed by atoms with Gasteiger partial charge in [0.25, 0.3) is 0 Å². The first-order chi connectivity index (χ1) is 4.72. The highest BCUT2D eigenvalue weighted by Crippen LogP contribution is 2.00. The smallest absolute Gasteiger partial charge is 0.0340 e. The summed E-state index contributed by atoms with van der Waals surface area (Å²) in [6.07, 6.45) is 7.80. The highest BCUT2D eigenvalue weighted by atomic mass is 14.6. The average molecular weight is 137 g/mol. The molecule has 0 radical (unpaired) electrons. The molecule has 0 bridgehead atoms. The third-order valence-electron chi connectivity index (χ3n) is 1.22. The molecule has 0 aliphatic carbocycles. The van der Waals surface area contributed by atoms with Crippen LogP contribution in [0.1, 0.15) is 20.8 Å². The molecule has 0 fully saturated rings. The molecule has 0 aliphatic heterocycles. The number of allylic oxidation sites excluding steroid dienone is 5. The zero-order valence-electron chi connectivity index (χ0n) is 6.89. The van der Waals surface area contributed by atoms with Crippen molar-refractivity contribution >= 4 is 0 Å². The van der Waals surface area contributed by atoms with E-state index in [4.69, 9.17) is 5.73 Å². The maximum Gasteiger partial charge on any atom is 0.0340 e. The van der Waals surface area contributed by atoms with Gasteiger partial charge >= 0.3 is 0 Å². The Morgan fingerprint density at radius 2 is 1.60 bits per heavy atom. The predicted molar refractivity (Wildman–Crippen MR) is 46.5 cm³/mol. The lowest BCUT2D eigenvalue weighted by Crippen LogP contribution is -1.95. The fraction of sp³-hybridized carbons (Fsp3) is 0.333. The number of rotatable bonds is 2. The SMILES string of the molecule is C\C=C/C(C)=C(N)\C=C/C. The third kappa shape index (κ3) is 3.13. The first-order valence-electron chi connectivity index (χ1n) is 3.44. The minimum Gasteiger partial charge on any atom is -0.399 e. The van der Waals surface area contributed by atoms with Crippen LogP contribution in [0.3, 0.4) is 0 Å². The number of hydrogen-bond acceptors (Lipinski definition) is 1. The van der Waals surface area contributed by atoms with E-state index in [1.807, 2.05) is 45.1 Å². The normalized spacial score (nSPS) is 14.7. The van der Waals surface area contributed by atoms with Gasteiger partial charge in [-0.1, -0.05) is 18.2 Å². The van der Waals surface area contributed by atoms with E-state index < -0.39 is 0 Å². The fourth-order valence-corrected chi connectivity index (χ4v) is 0.657. The molecule has 0 aromatic carbocycles. The van der Waals surface area contributed by atoms with E-state index in [2.05, 4.69) is 0 Å². The summed E-state index contributed by atoms with van der Waals surface area (Å²) in [6.45, 7) is 5.93. The second kappa shape index (κ2) is 4.86. The number of hydrogen-bond donors (Lipinski definition) is 1. The van der Waals surface area contributed by atoms with Gasteiger partial charge in [-0.25, -0.2) is 0 Å². The van der Waals surface area contributed by atoms with Crippen LogP contribution in [0.4, 0.5) is 0 Å². The Hall–Kier alpha value is -0.980. The zero-order chi connectivity index (χ0) is 7.98. The molecule has 1 heteroatoms. The lowest BCUT2D eigenvalue weighted by atomic mass is 10.2. The Balaban J connectivity index is 4.33. The van der Waals surface area contributed by atoms with E-state index in [-0.39, 0.29) is 0 Å². The second-order valence-electron chi connectivity index (χ2n) is 2.14. The maximum absolute atomic E-state index is 5.66. The fourth-order valence-electron chi connectivity index (χ4n) is 0.657. The van der Waals surface area contributed by atoms with E-state index in [1.54, 1.807) is 0 Å². The molecular weight excluding hydrogens is 122 g/mol. The van der Waals surface area contributed by atoms with Gasteiger partial charge in [0.15, 0.2) is 0 Å². The Morgan fingerprint density at radius 3 is 2.00 bits per heavy atom. The first kappa shape index (κ1) is 9.02. The monoisotopic (exact) mass is 137 g/mol. The first-order valence-corrected chi connectivity index (χ1v) is 3.44. The van der Waals surface area contributed by atoms with Crippen LogP contribution >= 0.6 is 0 Å². The van der Waals surface area contributed by atoms with Gasteiger partial charge in [-0.2, -0.15) is 0 Å². The topological polar surface area (TPSA) is 26.0 Å². The van der Waals surface area contributed by atoms with Crippen LogP contribution in [-0.4, -0.2) is 0 Å². The van der Waals surface area contributed by atoms with Gasteiger partial charge < -0.3 is 5.73 Å². The van der Waals surface area contributed by atoms with E-state index in [1.165, 1.54) is 0 Å². The summed E-state index contributed by atoms with van der Waals surface area (Å²) >= 11 is 0. The summed E-state index contributed by atoms with van der Waals surface area (Å²) in [7, 11) is 0. The second-order valence-corrected chi connectivity index (χ2v) is 2.14. The highest BCUT2D eigenvalue weighted by molar-refractivity contribution is 5.28. The molecule has 0 aromatic rings. The van der Waals surface area contributed by atoms with Gasteiger partial charge in [0.05, 0.1) is 0 Å². The van der Waals surface area contributed by atoms with Gasteiger partial charge in [0.2, 0.25) is 0 Å². The van der Waals surface area contributed by atoms with E-state index in [0.29, 0.717) is 0 Å². The van der Waals surface area contributed by atoms with Crippen molar-refractivity contribution in [3.8, 4) is 0 Å². The maximum atomic E-state index is 5.66. The summed E-state index contributed by atoms with van der Waals surface area (Å²) < 4.78 is 0. The van der Waals surface area contributed by atoms with Crippen LogP contribution in [0.2, 0.25) is 0 Å². The molecule has 0 amide bonds. The van der Waals surface area contributed by atoms with Gasteiger partial charge in [-0.15, -0.1) is 0 Å². The van der Waals surface area contributed by atoms with Crippen LogP contribution in [0.25, 0.3) is 0 Å². The Kier molecular flexibility index (Phi) is 4.38. The summed E-state index contributed by atoms with van der Waals surface area (Å²) in [4.78, 5) is 0. The summed E-state index contributed by atoms with van der Waals surface area (Å²) in [6, 6.07) is 0. The van der Waals surface area contributed by atoms with E-state index >= 15 is 0 Å². The third-order valence-corrected chi connectivity index (χ3v) is 1.22. The molecule has 2 N–H and O–H groups in total. The molecule has 0 saturated carbocycles. The lowest BCUT2D eigenvalue weighted by molar-refractivity contribution is 1.31. The molecule has 0 atom stereocenters. The van der Waals surface area contributed by atoms with Crippen molar-refractivity contribution in [2.24, 2.45) is 5.73 Å². The Morgan fingerprint density at radius 1 is 1.10 bits per heavy atom. The molecule has 0 saturated heterocycles. The predicted octanol–water partition coefficient (Wildman–Crippen LogP) is 2.37. The van der Waals surface area contributed by atoms with Crippen LogP contribution in [0.5, 0.6) is 0 Å². The molecule has 10 heavy (non-hydrogen) atoms. The van der Waals surface area contributed by atoms with Crippen molar-refractivity contribution in [3.05, 3.63) is 35.6 Å². The van der Waals surface area contributed by atoms with Crippen molar-refractivity contribution in [2.75, 3.05) is 0 Å². The molecule has 0 unspecified atom stereocenters. The lowest BCUT2D eigenvalue weighted by Gasteiger charge is -1.95. The van der Waals surface area contributed by atoms with Gasteiger partial charge in [0, 0.05) is 5.70 Å². The Bertz CT molecular complexity index is 153. The molecular formula is C9H15N. The quantitative estimate of drug-likeness (QED) is 0.581. The molecule has 0 aliphatic rings. The van der Waals surface area contributed by atoms with Crippen molar-refractivity contribution in [1.82, 2.24) is 0 Å². The molecule has 0 heterocycles. The summed E-state index contributed by atoms with van der Waals surface area (Å²) in [5.74, 6) is 0. The van der Waals surface area contributed by atoms with E-state index in [9.17, 15) is 0 Å². The molecule has 0 rings (SSSR count). The van der Waals surface area contributed by atoms with Crippen molar-refractivity contribution in [1.29, 1.82) is 0 Å². The molecule has 0 aromatic heterocycles. The highest BCUT2D eigenvalue weighted by Gasteiger charge is 1.85. The van der Waals surface area contributed by atoms with Crippen LogP contribution in [0.15, 0.2) is 35.6 Å². The zero-order valence-corrected chi connectivity index (χ0v) is 6.89. The van der Waals surface area contributed by atoms with Gasteiger partial charge in [-0.05, 0) is 32.4 Å². The van der Waals surface area contributed by atoms with Crippen LogP contribution in [0, 0.1) is 0 Å². The van der Waals surface area contributed by atoms with Gasteiger partial charge in [0.1, 0.15) is 0 Å². The summed E-state index contributed by atoms with van der Waals surface area (Å²) in [5, 5.41) is 0. The summed E-state index contributed by atoms with van der Waals surface area (Å²) in [5.41, 5.74) is 7.60. The van der Waals surface area contributed by atoms with Crippen LogP contribution in [-0.2, 0) is 0 Å². The van der Waals surface area contributed by atoms with E-state index in [0.717, 1.165) is 11.3 Å². The largest absolute Gasteiger partial charge is 0.399 e. The van der Waals surface area contributed by atoms with Crippen LogP contribution < -0.4 is 5.73 Å². The minimum absolute atomic E-state index is 0.834. The standard InChI is InChI=1S/C9H15N/c1-4-6-8(3)9(10)7-5-2/h4-7H,10H2,1-3H3/b6-4-,7-5-,9-8+. The molecule has 0 spiro atoms. The van der Waals surface area contributed by atoms with Crippen molar-refractivity contribution in [3.63, 3.8) is 0 Å². The average Bonchev–Trinajstić information content (AvgIpc) is 1.89. The minimum atomic E-state index is 0.834. The Labute approximate surface area is 62.9 Å². The van der Waals surface area contributed by atoms with Crippen molar-refractivity contribution in [2.45, 2.75) is 20.8 Å².